The average Bonchev–Trinajstić information content (AvgIpc) is 3.13. The number of aromatic nitrogens is 1. The first-order valence-corrected chi connectivity index (χ1v) is 10.5. The lowest BCUT2D eigenvalue weighted by Crippen LogP contribution is -2.44. The van der Waals surface area contributed by atoms with Crippen molar-refractivity contribution in [2.45, 2.75) is 51.1 Å². The fraction of sp³-hybridized carbons (Fsp3) is 0.320. The number of pyridine rings is 1. The van der Waals surface area contributed by atoms with Gasteiger partial charge in [-0.25, -0.2) is 0 Å². The largest absolute Gasteiger partial charge is 0.352 e. The van der Waals surface area contributed by atoms with Gasteiger partial charge >= 0.3 is 0 Å². The van der Waals surface area contributed by atoms with E-state index >= 15 is 0 Å². The van der Waals surface area contributed by atoms with E-state index in [2.05, 4.69) is 52.9 Å². The number of fused-ring (bicyclic) bond motifs is 1. The normalized spacial score (nSPS) is 18.4. The molecule has 0 bridgehead atoms. The molecular formula is C25H27N3O2. The van der Waals surface area contributed by atoms with Crippen LogP contribution in [0.25, 0.3) is 10.9 Å². The van der Waals surface area contributed by atoms with Gasteiger partial charge in [0.05, 0.1) is 5.52 Å². The Balaban J connectivity index is 1.35. The molecule has 1 unspecified atom stereocenters. The van der Waals surface area contributed by atoms with E-state index in [0.717, 1.165) is 29.3 Å². The van der Waals surface area contributed by atoms with Gasteiger partial charge < -0.3 is 10.6 Å². The van der Waals surface area contributed by atoms with Crippen molar-refractivity contribution in [3.8, 4) is 0 Å². The zero-order chi connectivity index (χ0) is 21.0. The van der Waals surface area contributed by atoms with Crippen molar-refractivity contribution in [1.82, 2.24) is 15.6 Å². The van der Waals surface area contributed by atoms with Gasteiger partial charge in [0, 0.05) is 36.5 Å². The highest BCUT2D eigenvalue weighted by Gasteiger charge is 2.37. The van der Waals surface area contributed by atoms with Crippen LogP contribution in [0, 0.1) is 6.92 Å². The Morgan fingerprint density at radius 1 is 1.13 bits per heavy atom. The van der Waals surface area contributed by atoms with Crippen molar-refractivity contribution >= 4 is 22.7 Å². The van der Waals surface area contributed by atoms with Crippen LogP contribution in [0.5, 0.6) is 0 Å². The highest BCUT2D eigenvalue weighted by Crippen LogP contribution is 2.29. The molecule has 2 amide bonds. The molecule has 2 aromatic carbocycles. The Bertz CT molecular complexity index is 1060. The van der Waals surface area contributed by atoms with Gasteiger partial charge in [-0.15, -0.1) is 0 Å². The Labute approximate surface area is 176 Å². The molecule has 0 radical (unpaired) electrons. The maximum Gasteiger partial charge on any atom is 0.220 e. The van der Waals surface area contributed by atoms with Crippen molar-refractivity contribution in [3.63, 3.8) is 0 Å². The van der Waals surface area contributed by atoms with Crippen molar-refractivity contribution in [2.24, 2.45) is 0 Å². The van der Waals surface area contributed by atoms with E-state index in [1.807, 2.05) is 24.3 Å². The molecule has 30 heavy (non-hydrogen) atoms. The fourth-order valence-electron chi connectivity index (χ4n) is 4.16. The first-order chi connectivity index (χ1) is 14.5. The molecule has 154 valence electrons. The second-order valence-electron chi connectivity index (χ2n) is 8.30. The predicted molar refractivity (Wildman–Crippen MR) is 118 cm³/mol. The number of nitrogens with zero attached hydrogens (tertiary/aromatic N) is 1. The van der Waals surface area contributed by atoms with E-state index in [-0.39, 0.29) is 17.4 Å². The third-order valence-corrected chi connectivity index (χ3v) is 5.89. The number of amides is 2. The molecule has 1 aromatic heterocycles. The number of carbonyl (C=O) groups is 2. The molecule has 1 fully saturated rings. The standard InChI is InChI=1S/C25H27N3O2/c1-18-4-6-19(7-5-18)16-25(13-11-24(30)28-25)12-10-23(29)27-17-20-8-9-22-21(15-20)3-2-14-26-22/h2-9,14-15H,10-13,16-17H2,1H3,(H,27,29)(H,28,30). The molecule has 3 aromatic rings. The van der Waals surface area contributed by atoms with Gasteiger partial charge in [0.2, 0.25) is 11.8 Å². The van der Waals surface area contributed by atoms with Crippen LogP contribution in [0.15, 0.2) is 60.8 Å². The molecular weight excluding hydrogens is 374 g/mol. The number of hydrogen-bond acceptors (Lipinski definition) is 3. The number of rotatable bonds is 7. The highest BCUT2D eigenvalue weighted by atomic mass is 16.2. The quantitative estimate of drug-likeness (QED) is 0.632. The molecule has 1 saturated heterocycles. The Morgan fingerprint density at radius 2 is 1.93 bits per heavy atom. The lowest BCUT2D eigenvalue weighted by atomic mass is 9.84. The lowest BCUT2D eigenvalue weighted by molar-refractivity contribution is -0.122. The van der Waals surface area contributed by atoms with E-state index in [9.17, 15) is 9.59 Å². The van der Waals surface area contributed by atoms with Gasteiger partial charge in [-0.05, 0) is 55.5 Å². The van der Waals surface area contributed by atoms with Crippen LogP contribution < -0.4 is 10.6 Å². The SMILES string of the molecule is Cc1ccc(CC2(CCC(=O)NCc3ccc4ncccc4c3)CCC(=O)N2)cc1. The monoisotopic (exact) mass is 401 g/mol. The summed E-state index contributed by atoms with van der Waals surface area (Å²) < 4.78 is 0. The minimum absolute atomic E-state index is 0.00529. The highest BCUT2D eigenvalue weighted by molar-refractivity contribution is 5.81. The van der Waals surface area contributed by atoms with Gasteiger partial charge in [-0.2, -0.15) is 0 Å². The molecule has 1 atom stereocenters. The molecule has 1 aliphatic heterocycles. The van der Waals surface area contributed by atoms with Gasteiger partial charge in [-0.3, -0.25) is 14.6 Å². The molecule has 0 saturated carbocycles. The zero-order valence-corrected chi connectivity index (χ0v) is 17.3. The second-order valence-corrected chi connectivity index (χ2v) is 8.30. The minimum atomic E-state index is -0.335. The van der Waals surface area contributed by atoms with Crippen molar-refractivity contribution in [1.29, 1.82) is 0 Å². The molecule has 2 heterocycles. The van der Waals surface area contributed by atoms with Crippen molar-refractivity contribution in [3.05, 3.63) is 77.5 Å². The van der Waals surface area contributed by atoms with Crippen LogP contribution in [-0.2, 0) is 22.6 Å². The number of carbonyl (C=O) groups excluding carboxylic acids is 2. The van der Waals surface area contributed by atoms with E-state index < -0.39 is 0 Å². The first-order valence-electron chi connectivity index (χ1n) is 10.5. The maximum absolute atomic E-state index is 12.5. The number of benzene rings is 2. The van der Waals surface area contributed by atoms with Crippen molar-refractivity contribution in [2.75, 3.05) is 0 Å². The summed E-state index contributed by atoms with van der Waals surface area (Å²) in [7, 11) is 0. The molecule has 0 spiro atoms. The van der Waals surface area contributed by atoms with Gasteiger partial charge in [0.1, 0.15) is 0 Å². The summed E-state index contributed by atoms with van der Waals surface area (Å²) in [4.78, 5) is 28.8. The third-order valence-electron chi connectivity index (χ3n) is 5.89. The average molecular weight is 402 g/mol. The summed E-state index contributed by atoms with van der Waals surface area (Å²) in [5, 5.41) is 7.23. The molecule has 1 aliphatic rings. The summed E-state index contributed by atoms with van der Waals surface area (Å²) in [5.74, 6) is 0.0815. The van der Waals surface area contributed by atoms with E-state index in [0.29, 0.717) is 25.8 Å². The Hall–Kier alpha value is -3.21. The first kappa shape index (κ1) is 20.1. The molecule has 5 heteroatoms. The zero-order valence-electron chi connectivity index (χ0n) is 17.3. The number of nitrogens with one attached hydrogen (secondary N) is 2. The van der Waals surface area contributed by atoms with Crippen LogP contribution in [-0.4, -0.2) is 22.3 Å². The lowest BCUT2D eigenvalue weighted by Gasteiger charge is -2.29. The van der Waals surface area contributed by atoms with E-state index in [4.69, 9.17) is 0 Å². The van der Waals surface area contributed by atoms with Crippen molar-refractivity contribution < 1.29 is 9.59 Å². The van der Waals surface area contributed by atoms with Crippen LogP contribution in [0.1, 0.15) is 42.4 Å². The summed E-state index contributed by atoms with van der Waals surface area (Å²) in [6, 6.07) is 18.3. The Kier molecular flexibility index (Phi) is 5.79. The maximum atomic E-state index is 12.5. The topological polar surface area (TPSA) is 71.1 Å². The molecule has 4 rings (SSSR count). The summed E-state index contributed by atoms with van der Waals surface area (Å²) in [6.07, 6.45) is 4.85. The van der Waals surface area contributed by atoms with Crippen LogP contribution in [0.4, 0.5) is 0 Å². The molecule has 2 N–H and O–H groups in total. The predicted octanol–water partition coefficient (Wildman–Crippen LogP) is 3.83. The summed E-state index contributed by atoms with van der Waals surface area (Å²) >= 11 is 0. The van der Waals surface area contributed by atoms with E-state index in [1.54, 1.807) is 6.20 Å². The smallest absolute Gasteiger partial charge is 0.220 e. The molecule has 0 aliphatic carbocycles. The van der Waals surface area contributed by atoms with Gasteiger partial charge in [0.25, 0.3) is 0 Å². The van der Waals surface area contributed by atoms with Gasteiger partial charge in [0.15, 0.2) is 0 Å². The second kappa shape index (κ2) is 8.66. The third kappa shape index (κ3) is 4.85. The van der Waals surface area contributed by atoms with Crippen LogP contribution in [0.2, 0.25) is 0 Å². The van der Waals surface area contributed by atoms with Crippen LogP contribution >= 0.6 is 0 Å². The summed E-state index contributed by atoms with van der Waals surface area (Å²) in [6.45, 7) is 2.55. The minimum Gasteiger partial charge on any atom is -0.352 e. The Morgan fingerprint density at radius 3 is 2.70 bits per heavy atom. The fourth-order valence-corrected chi connectivity index (χ4v) is 4.16. The van der Waals surface area contributed by atoms with E-state index in [1.165, 1.54) is 11.1 Å². The number of aryl methyl sites for hydroxylation is 1. The summed E-state index contributed by atoms with van der Waals surface area (Å²) in [5.41, 5.74) is 4.06. The molecule has 5 nitrogen and oxygen atoms in total. The van der Waals surface area contributed by atoms with Crippen LogP contribution in [0.3, 0.4) is 0 Å². The number of hydrogen-bond donors (Lipinski definition) is 2. The van der Waals surface area contributed by atoms with Gasteiger partial charge in [-0.1, -0.05) is 42.0 Å².